The van der Waals surface area contributed by atoms with Gasteiger partial charge in [-0.3, -0.25) is 14.8 Å². The number of aromatic nitrogens is 2. The molecule has 2 aromatic heterocycles. The molecule has 1 aliphatic heterocycles. The van der Waals surface area contributed by atoms with E-state index in [1.165, 1.54) is 0 Å². The van der Waals surface area contributed by atoms with Gasteiger partial charge in [-0.05, 0) is 42.7 Å². The van der Waals surface area contributed by atoms with Crippen molar-refractivity contribution in [1.82, 2.24) is 14.9 Å². The van der Waals surface area contributed by atoms with Gasteiger partial charge in [0.1, 0.15) is 0 Å². The zero-order chi connectivity index (χ0) is 21.0. The highest BCUT2D eigenvalue weighted by Gasteiger charge is 2.34. The van der Waals surface area contributed by atoms with Crippen LogP contribution >= 0.6 is 0 Å². The molecular weight excluding hydrogens is 376 g/mol. The lowest BCUT2D eigenvalue weighted by molar-refractivity contribution is -0.0162. The number of nitrogens with zero attached hydrogens (tertiary/aromatic N) is 4. The predicted molar refractivity (Wildman–Crippen MR) is 114 cm³/mol. The fraction of sp³-hybridized carbons (Fsp3) is 0.250. The Bertz CT molecular complexity index is 1070. The van der Waals surface area contributed by atoms with Gasteiger partial charge in [0.05, 0.1) is 23.4 Å². The van der Waals surface area contributed by atoms with Crippen molar-refractivity contribution in [2.45, 2.75) is 24.9 Å². The van der Waals surface area contributed by atoms with E-state index in [1.807, 2.05) is 24.3 Å². The van der Waals surface area contributed by atoms with Crippen molar-refractivity contribution in [2.75, 3.05) is 13.1 Å². The van der Waals surface area contributed by atoms with Crippen LogP contribution in [0.1, 0.15) is 28.8 Å². The van der Waals surface area contributed by atoms with Crippen LogP contribution in [0.15, 0.2) is 67.1 Å². The highest BCUT2D eigenvalue weighted by Crippen LogP contribution is 2.29. The number of carbonyl (C=O) groups is 1. The zero-order valence-electron chi connectivity index (χ0n) is 16.5. The Hall–Kier alpha value is -3.56. The molecule has 1 aromatic carbocycles. The van der Waals surface area contributed by atoms with Gasteiger partial charge in [-0.25, -0.2) is 4.85 Å². The van der Waals surface area contributed by atoms with E-state index in [4.69, 9.17) is 6.57 Å². The summed E-state index contributed by atoms with van der Waals surface area (Å²) in [5, 5.41) is 11.0. The second-order valence-electron chi connectivity index (χ2n) is 7.61. The van der Waals surface area contributed by atoms with Gasteiger partial charge in [0.2, 0.25) is 0 Å². The number of hydrogen-bond acceptors (Lipinski definition) is 4. The maximum atomic E-state index is 13.2. The van der Waals surface area contributed by atoms with E-state index < -0.39 is 5.60 Å². The van der Waals surface area contributed by atoms with E-state index in [1.54, 1.807) is 47.8 Å². The molecule has 3 heterocycles. The highest BCUT2D eigenvalue weighted by molar-refractivity contribution is 5.99. The highest BCUT2D eigenvalue weighted by atomic mass is 16.3. The molecule has 1 saturated heterocycles. The van der Waals surface area contributed by atoms with Gasteiger partial charge in [0.15, 0.2) is 5.69 Å². The van der Waals surface area contributed by atoms with Crippen LogP contribution in [0.4, 0.5) is 5.69 Å². The van der Waals surface area contributed by atoms with Crippen LogP contribution in [0.25, 0.3) is 16.1 Å². The smallest absolute Gasteiger partial charge is 0.256 e. The largest absolute Gasteiger partial charge is 0.389 e. The summed E-state index contributed by atoms with van der Waals surface area (Å²) < 4.78 is 0. The third-order valence-corrected chi connectivity index (χ3v) is 5.57. The molecule has 0 aliphatic carbocycles. The molecule has 1 fully saturated rings. The minimum atomic E-state index is -0.848. The summed E-state index contributed by atoms with van der Waals surface area (Å²) in [4.78, 5) is 26.8. The molecule has 150 valence electrons. The molecule has 0 atom stereocenters. The number of pyridine rings is 2. The summed E-state index contributed by atoms with van der Waals surface area (Å²) in [7, 11) is 0. The lowest BCUT2D eigenvalue weighted by Crippen LogP contribution is -2.47. The van der Waals surface area contributed by atoms with E-state index in [0.29, 0.717) is 49.3 Å². The molecule has 1 amide bonds. The second-order valence-corrected chi connectivity index (χ2v) is 7.61. The van der Waals surface area contributed by atoms with Crippen molar-refractivity contribution in [3.8, 4) is 11.3 Å². The molecule has 0 spiro atoms. The van der Waals surface area contributed by atoms with Crippen molar-refractivity contribution in [1.29, 1.82) is 0 Å². The van der Waals surface area contributed by atoms with Gasteiger partial charge in [0.25, 0.3) is 5.91 Å². The van der Waals surface area contributed by atoms with E-state index in [2.05, 4.69) is 14.8 Å². The number of likely N-dealkylation sites (tertiary alicyclic amines) is 1. The fourth-order valence-corrected chi connectivity index (χ4v) is 3.86. The molecule has 1 N–H and O–H groups in total. The third kappa shape index (κ3) is 4.22. The van der Waals surface area contributed by atoms with Gasteiger partial charge < -0.3 is 10.0 Å². The molecule has 1 aliphatic rings. The zero-order valence-corrected chi connectivity index (χ0v) is 16.5. The van der Waals surface area contributed by atoms with Crippen molar-refractivity contribution in [2.24, 2.45) is 0 Å². The standard InChI is InChI=1S/C24H22N4O2/c1-25-20-6-4-18(5-7-20)17-24(30)10-15-28(16-11-24)23(29)21-3-2-12-27-22(21)19-8-13-26-14-9-19/h2-9,12-14,30H,10-11,15-17H2. The maximum Gasteiger partial charge on any atom is 0.256 e. The second kappa shape index (κ2) is 8.44. The van der Waals surface area contributed by atoms with Gasteiger partial charge in [-0.2, -0.15) is 0 Å². The maximum absolute atomic E-state index is 13.2. The lowest BCUT2D eigenvalue weighted by atomic mass is 9.85. The first-order valence-electron chi connectivity index (χ1n) is 9.91. The Morgan fingerprint density at radius 1 is 1.07 bits per heavy atom. The van der Waals surface area contributed by atoms with Crippen LogP contribution in [-0.4, -0.2) is 44.6 Å². The van der Waals surface area contributed by atoms with Crippen molar-refractivity contribution < 1.29 is 9.90 Å². The minimum Gasteiger partial charge on any atom is -0.389 e. The summed E-state index contributed by atoms with van der Waals surface area (Å²) in [6.07, 6.45) is 6.58. The number of benzene rings is 1. The normalized spacial score (nSPS) is 15.4. The van der Waals surface area contributed by atoms with Gasteiger partial charge in [-0.1, -0.05) is 24.3 Å². The van der Waals surface area contributed by atoms with E-state index in [0.717, 1.165) is 11.1 Å². The molecule has 0 unspecified atom stereocenters. The number of rotatable bonds is 4. The number of aliphatic hydroxyl groups is 1. The molecule has 0 saturated carbocycles. The topological polar surface area (TPSA) is 70.7 Å². The molecule has 3 aromatic rings. The van der Waals surface area contributed by atoms with Crippen LogP contribution in [0.5, 0.6) is 0 Å². The van der Waals surface area contributed by atoms with Crippen LogP contribution in [0, 0.1) is 6.57 Å². The summed E-state index contributed by atoms with van der Waals surface area (Å²) in [6, 6.07) is 14.6. The number of piperidine rings is 1. The van der Waals surface area contributed by atoms with E-state index in [-0.39, 0.29) is 5.91 Å². The molecule has 6 nitrogen and oxygen atoms in total. The lowest BCUT2D eigenvalue weighted by Gasteiger charge is -2.38. The first-order valence-corrected chi connectivity index (χ1v) is 9.91. The molecule has 6 heteroatoms. The molecule has 0 radical (unpaired) electrons. The van der Waals surface area contributed by atoms with Crippen molar-refractivity contribution >= 4 is 11.6 Å². The Labute approximate surface area is 175 Å². The average molecular weight is 398 g/mol. The van der Waals surface area contributed by atoms with Crippen molar-refractivity contribution in [3.63, 3.8) is 0 Å². The molecule has 30 heavy (non-hydrogen) atoms. The quantitative estimate of drug-likeness (QED) is 0.677. The first kappa shape index (κ1) is 19.7. The van der Waals surface area contributed by atoms with Crippen molar-refractivity contribution in [3.05, 3.63) is 89.7 Å². The third-order valence-electron chi connectivity index (χ3n) is 5.57. The van der Waals surface area contributed by atoms with Crippen LogP contribution < -0.4 is 0 Å². The Morgan fingerprint density at radius 2 is 1.77 bits per heavy atom. The van der Waals surface area contributed by atoms with Gasteiger partial charge in [0, 0.05) is 43.7 Å². The number of carbonyl (C=O) groups excluding carboxylic acids is 1. The summed E-state index contributed by atoms with van der Waals surface area (Å²) >= 11 is 0. The van der Waals surface area contributed by atoms with Crippen LogP contribution in [0.2, 0.25) is 0 Å². The SMILES string of the molecule is [C-]#[N+]c1ccc(CC2(O)CCN(C(=O)c3cccnc3-c3ccncc3)CC2)cc1. The molecular formula is C24H22N4O2. The predicted octanol–water partition coefficient (Wildman–Crippen LogP) is 3.90. The Balaban J connectivity index is 1.45. The minimum absolute atomic E-state index is 0.0710. The Morgan fingerprint density at radius 3 is 2.43 bits per heavy atom. The monoisotopic (exact) mass is 398 g/mol. The Kier molecular flexibility index (Phi) is 5.55. The van der Waals surface area contributed by atoms with Crippen LogP contribution in [0.3, 0.4) is 0 Å². The summed E-state index contributed by atoms with van der Waals surface area (Å²) in [5.41, 5.74) is 2.79. The number of amides is 1. The summed E-state index contributed by atoms with van der Waals surface area (Å²) in [6.45, 7) is 8.01. The molecule has 0 bridgehead atoms. The van der Waals surface area contributed by atoms with Crippen LogP contribution in [-0.2, 0) is 6.42 Å². The first-order chi connectivity index (χ1) is 14.6. The van der Waals surface area contributed by atoms with Gasteiger partial charge in [-0.15, -0.1) is 0 Å². The molecule has 4 rings (SSSR count). The fourth-order valence-electron chi connectivity index (χ4n) is 3.86. The van der Waals surface area contributed by atoms with E-state index >= 15 is 0 Å². The average Bonchev–Trinajstić information content (AvgIpc) is 2.80. The number of hydrogen-bond donors (Lipinski definition) is 1. The summed E-state index contributed by atoms with van der Waals surface area (Å²) in [5.74, 6) is -0.0710. The van der Waals surface area contributed by atoms with Gasteiger partial charge >= 0.3 is 0 Å². The van der Waals surface area contributed by atoms with E-state index in [9.17, 15) is 9.90 Å².